The van der Waals surface area contributed by atoms with E-state index in [2.05, 4.69) is 18.9 Å². The number of nitrogens with zero attached hydrogens (tertiary/aromatic N) is 3. The molecule has 1 fully saturated rings. The highest BCUT2D eigenvalue weighted by atomic mass is 19.1. The molecule has 2 atom stereocenters. The molecule has 0 radical (unpaired) electrons. The van der Waals surface area contributed by atoms with Crippen molar-refractivity contribution in [2.24, 2.45) is 11.8 Å². The maximum Gasteiger partial charge on any atom is 0.278 e. The average molecular weight is 359 g/mol. The first-order valence-corrected chi connectivity index (χ1v) is 8.62. The maximum atomic E-state index is 13.2. The molecular formula is C19H22FN3O3. The molecule has 1 aromatic carbocycles. The first-order valence-electron chi connectivity index (χ1n) is 8.62. The van der Waals surface area contributed by atoms with Gasteiger partial charge in [-0.15, -0.1) is 0 Å². The van der Waals surface area contributed by atoms with Crippen molar-refractivity contribution in [2.75, 3.05) is 20.2 Å². The number of hydrogen-bond acceptors (Lipinski definition) is 4. The van der Waals surface area contributed by atoms with Gasteiger partial charge in [-0.1, -0.05) is 13.8 Å². The molecule has 1 amide bonds. The topological polar surface area (TPSA) is 64.4 Å². The molecule has 0 aliphatic carbocycles. The fraction of sp³-hybridized carbons (Fsp3) is 0.421. The third-order valence-electron chi connectivity index (χ3n) is 4.55. The lowest BCUT2D eigenvalue weighted by molar-refractivity contribution is 0.0611. The molecule has 0 bridgehead atoms. The SMILES string of the molecule is COc1cc(=O)n(-c2ccc(F)cc2)nc1C(=O)N1C[C@@H](C)C[C@H](C)C1. The zero-order chi connectivity index (χ0) is 18.8. The number of piperidine rings is 1. The van der Waals surface area contributed by atoms with Crippen LogP contribution in [0.1, 0.15) is 30.8 Å². The van der Waals surface area contributed by atoms with E-state index in [1.165, 1.54) is 37.4 Å². The number of benzene rings is 1. The summed E-state index contributed by atoms with van der Waals surface area (Å²) in [5, 5.41) is 4.23. The van der Waals surface area contributed by atoms with Gasteiger partial charge in [-0.3, -0.25) is 9.59 Å². The summed E-state index contributed by atoms with van der Waals surface area (Å²) >= 11 is 0. The summed E-state index contributed by atoms with van der Waals surface area (Å²) in [6.45, 7) is 5.51. The fourth-order valence-electron chi connectivity index (χ4n) is 3.49. The van der Waals surface area contributed by atoms with Crippen molar-refractivity contribution in [3.8, 4) is 11.4 Å². The summed E-state index contributed by atoms with van der Waals surface area (Å²) in [6, 6.07) is 6.60. The molecule has 2 heterocycles. The zero-order valence-corrected chi connectivity index (χ0v) is 15.1. The third kappa shape index (κ3) is 3.61. The second-order valence-corrected chi connectivity index (χ2v) is 6.94. The van der Waals surface area contributed by atoms with E-state index in [4.69, 9.17) is 4.74 Å². The van der Waals surface area contributed by atoms with Crippen molar-refractivity contribution >= 4 is 5.91 Å². The molecule has 1 aliphatic heterocycles. The highest BCUT2D eigenvalue weighted by molar-refractivity contribution is 5.94. The van der Waals surface area contributed by atoms with E-state index in [1.807, 2.05) is 0 Å². The predicted octanol–water partition coefficient (Wildman–Crippen LogP) is 2.50. The predicted molar refractivity (Wildman–Crippen MR) is 95.2 cm³/mol. The number of amides is 1. The van der Waals surface area contributed by atoms with Crippen molar-refractivity contribution < 1.29 is 13.9 Å². The van der Waals surface area contributed by atoms with Gasteiger partial charge in [-0.05, 0) is 42.5 Å². The van der Waals surface area contributed by atoms with Gasteiger partial charge in [0.15, 0.2) is 11.4 Å². The van der Waals surface area contributed by atoms with Crippen LogP contribution in [-0.2, 0) is 0 Å². The van der Waals surface area contributed by atoms with Crippen LogP contribution in [0.3, 0.4) is 0 Å². The molecule has 26 heavy (non-hydrogen) atoms. The standard InChI is InChI=1S/C19H22FN3O3/c1-12-8-13(2)11-22(10-12)19(25)18-16(26-3)9-17(24)23(21-18)15-6-4-14(20)5-7-15/h4-7,9,12-13H,8,10-11H2,1-3H3/t12-,13-/m0/s1. The molecule has 0 saturated carbocycles. The van der Waals surface area contributed by atoms with E-state index >= 15 is 0 Å². The van der Waals surface area contributed by atoms with Crippen LogP contribution >= 0.6 is 0 Å². The van der Waals surface area contributed by atoms with Gasteiger partial charge in [0.25, 0.3) is 11.5 Å². The van der Waals surface area contributed by atoms with Gasteiger partial charge in [0, 0.05) is 13.1 Å². The van der Waals surface area contributed by atoms with Gasteiger partial charge >= 0.3 is 0 Å². The second-order valence-electron chi connectivity index (χ2n) is 6.94. The summed E-state index contributed by atoms with van der Waals surface area (Å²) in [6.07, 6.45) is 1.07. The summed E-state index contributed by atoms with van der Waals surface area (Å²) < 4.78 is 19.5. The molecule has 138 valence electrons. The number of carbonyl (C=O) groups is 1. The molecule has 3 rings (SSSR count). The van der Waals surface area contributed by atoms with Crippen LogP contribution in [0.25, 0.3) is 5.69 Å². The molecular weight excluding hydrogens is 337 g/mol. The van der Waals surface area contributed by atoms with Gasteiger partial charge in [-0.25, -0.2) is 4.39 Å². The van der Waals surface area contributed by atoms with Crippen molar-refractivity contribution in [1.29, 1.82) is 0 Å². The highest BCUT2D eigenvalue weighted by Crippen LogP contribution is 2.24. The molecule has 6 nitrogen and oxygen atoms in total. The van der Waals surface area contributed by atoms with Crippen LogP contribution in [0.4, 0.5) is 4.39 Å². The van der Waals surface area contributed by atoms with Crippen molar-refractivity contribution in [1.82, 2.24) is 14.7 Å². The highest BCUT2D eigenvalue weighted by Gasteiger charge is 2.29. The molecule has 1 aliphatic rings. The average Bonchev–Trinajstić information content (AvgIpc) is 2.61. The maximum absolute atomic E-state index is 13.2. The zero-order valence-electron chi connectivity index (χ0n) is 15.1. The molecule has 2 aromatic rings. The van der Waals surface area contributed by atoms with Gasteiger partial charge in [-0.2, -0.15) is 9.78 Å². The summed E-state index contributed by atoms with van der Waals surface area (Å²) in [5.41, 5.74) is 0.0107. The normalized spacial score (nSPS) is 20.1. The van der Waals surface area contributed by atoms with E-state index in [0.717, 1.165) is 11.1 Å². The van der Waals surface area contributed by atoms with Crippen LogP contribution in [0.2, 0.25) is 0 Å². The number of halogens is 1. The van der Waals surface area contributed by atoms with Crippen LogP contribution < -0.4 is 10.3 Å². The second kappa shape index (κ2) is 7.27. The molecule has 0 N–H and O–H groups in total. The Balaban J connectivity index is 2.02. The molecule has 7 heteroatoms. The summed E-state index contributed by atoms with van der Waals surface area (Å²) in [4.78, 5) is 27.1. The Morgan fingerprint density at radius 1 is 1.19 bits per heavy atom. The van der Waals surface area contributed by atoms with Gasteiger partial charge in [0.2, 0.25) is 0 Å². The Bertz CT molecular complexity index is 853. The van der Waals surface area contributed by atoms with E-state index in [-0.39, 0.29) is 17.4 Å². The molecule has 1 saturated heterocycles. The van der Waals surface area contributed by atoms with Gasteiger partial charge < -0.3 is 9.64 Å². The number of ether oxygens (including phenoxy) is 1. The van der Waals surface area contributed by atoms with E-state index < -0.39 is 11.4 Å². The number of rotatable bonds is 3. The van der Waals surface area contributed by atoms with Crippen LogP contribution in [0.15, 0.2) is 35.1 Å². The number of carbonyl (C=O) groups excluding carboxylic acids is 1. The first kappa shape index (κ1) is 18.1. The smallest absolute Gasteiger partial charge is 0.278 e. The van der Waals surface area contributed by atoms with Crippen LogP contribution in [-0.4, -0.2) is 40.8 Å². The van der Waals surface area contributed by atoms with Crippen molar-refractivity contribution in [3.05, 3.63) is 52.2 Å². The van der Waals surface area contributed by atoms with E-state index in [0.29, 0.717) is 30.6 Å². The lowest BCUT2D eigenvalue weighted by atomic mass is 9.92. The van der Waals surface area contributed by atoms with Crippen LogP contribution in [0, 0.1) is 17.7 Å². The van der Waals surface area contributed by atoms with Crippen molar-refractivity contribution in [2.45, 2.75) is 20.3 Å². The Morgan fingerprint density at radius 3 is 2.38 bits per heavy atom. The Kier molecular flexibility index (Phi) is 5.06. The minimum atomic E-state index is -0.453. The van der Waals surface area contributed by atoms with E-state index in [9.17, 15) is 14.0 Å². The van der Waals surface area contributed by atoms with E-state index in [1.54, 1.807) is 4.90 Å². The first-order chi connectivity index (χ1) is 12.4. The minimum Gasteiger partial charge on any atom is -0.494 e. The number of methoxy groups -OCH3 is 1. The Morgan fingerprint density at radius 2 is 1.81 bits per heavy atom. The summed E-state index contributed by atoms with van der Waals surface area (Å²) in [5.74, 6) is 0.261. The monoisotopic (exact) mass is 359 g/mol. The Hall–Kier alpha value is -2.70. The fourth-order valence-corrected chi connectivity index (χ4v) is 3.49. The quantitative estimate of drug-likeness (QED) is 0.845. The van der Waals surface area contributed by atoms with Gasteiger partial charge in [0.1, 0.15) is 5.82 Å². The van der Waals surface area contributed by atoms with Gasteiger partial charge in [0.05, 0.1) is 18.9 Å². The number of hydrogen-bond donors (Lipinski definition) is 0. The van der Waals surface area contributed by atoms with Crippen LogP contribution in [0.5, 0.6) is 5.75 Å². The molecule has 1 aromatic heterocycles. The Labute approximate surface area is 151 Å². The minimum absolute atomic E-state index is 0.0812. The molecule has 0 spiro atoms. The number of aromatic nitrogens is 2. The van der Waals surface area contributed by atoms with Crippen molar-refractivity contribution in [3.63, 3.8) is 0 Å². The largest absolute Gasteiger partial charge is 0.494 e. The third-order valence-corrected chi connectivity index (χ3v) is 4.55. The molecule has 0 unspecified atom stereocenters. The number of likely N-dealkylation sites (tertiary alicyclic amines) is 1. The lowest BCUT2D eigenvalue weighted by Gasteiger charge is -2.34. The summed E-state index contributed by atoms with van der Waals surface area (Å²) in [7, 11) is 1.40. The lowest BCUT2D eigenvalue weighted by Crippen LogP contribution is -2.43.